The molecule has 74 valence electrons. The van der Waals surface area contributed by atoms with Crippen LogP contribution in [0.25, 0.3) is 0 Å². The third-order valence-corrected chi connectivity index (χ3v) is 2.79. The molecule has 2 rings (SSSR count). The molecule has 0 bridgehead atoms. The summed E-state index contributed by atoms with van der Waals surface area (Å²) < 4.78 is -0.00824. The van der Waals surface area contributed by atoms with E-state index in [0.717, 1.165) is 25.0 Å². The summed E-state index contributed by atoms with van der Waals surface area (Å²) in [5.41, 5.74) is 2.32. The molecule has 4 heteroatoms. The smallest absolute Gasteiger partial charge is 0.281 e. The Balaban J connectivity index is 2.26. The first-order valence-corrected chi connectivity index (χ1v) is 5.75. The summed E-state index contributed by atoms with van der Waals surface area (Å²) in [6.45, 7) is 0. The van der Waals surface area contributed by atoms with E-state index in [1.165, 1.54) is 5.56 Å². The summed E-state index contributed by atoms with van der Waals surface area (Å²) in [6, 6.07) is 4.16. The van der Waals surface area contributed by atoms with Gasteiger partial charge in [0.1, 0.15) is 0 Å². The Morgan fingerprint density at radius 2 is 2.50 bits per heavy atom. The van der Waals surface area contributed by atoms with Crippen molar-refractivity contribution in [2.24, 2.45) is 0 Å². The topological polar surface area (TPSA) is 42.0 Å². The number of fused-ring (bicyclic) bond motifs is 1. The first-order valence-electron chi connectivity index (χ1n) is 4.67. The molecular formula is C10H11IN2O. The predicted octanol–water partition coefficient (Wildman–Crippen LogP) is 2.60. The molecule has 3 nitrogen and oxygen atoms in total. The van der Waals surface area contributed by atoms with Crippen molar-refractivity contribution in [1.82, 2.24) is 10.3 Å². The summed E-state index contributed by atoms with van der Waals surface area (Å²) in [4.78, 5) is 15.3. The van der Waals surface area contributed by atoms with E-state index in [1.807, 2.05) is 6.07 Å². The molecule has 0 aromatic carbocycles. The average Bonchev–Trinajstić information content (AvgIpc) is 2.18. The third-order valence-electron chi connectivity index (χ3n) is 2.48. The molecule has 0 fully saturated rings. The number of halogens is 1. The number of hydrogen-bond acceptors (Lipinski definition) is 2. The highest BCUT2D eigenvalue weighted by Crippen LogP contribution is 2.27. The van der Waals surface area contributed by atoms with Gasteiger partial charge in [0.2, 0.25) is 0 Å². The van der Waals surface area contributed by atoms with Crippen LogP contribution in [0, 0.1) is 0 Å². The first-order chi connectivity index (χ1) is 6.77. The molecule has 0 radical (unpaired) electrons. The number of pyridine rings is 1. The largest absolute Gasteiger partial charge is 0.339 e. The van der Waals surface area contributed by atoms with Gasteiger partial charge in [-0.15, -0.1) is 0 Å². The quantitative estimate of drug-likeness (QED) is 0.492. The van der Waals surface area contributed by atoms with Gasteiger partial charge in [0.15, 0.2) is 0 Å². The van der Waals surface area contributed by atoms with Crippen molar-refractivity contribution in [2.45, 2.75) is 25.3 Å². The van der Waals surface area contributed by atoms with Gasteiger partial charge in [-0.25, -0.2) is 0 Å². The van der Waals surface area contributed by atoms with E-state index >= 15 is 0 Å². The van der Waals surface area contributed by atoms with Crippen LogP contribution in [0.4, 0.5) is 4.79 Å². The lowest BCUT2D eigenvalue weighted by molar-refractivity contribution is 0.258. The van der Waals surface area contributed by atoms with E-state index in [2.05, 4.69) is 16.4 Å². The molecule has 0 spiro atoms. The van der Waals surface area contributed by atoms with Crippen molar-refractivity contribution in [3.63, 3.8) is 0 Å². The number of carbonyl (C=O) groups is 1. The second-order valence-electron chi connectivity index (χ2n) is 3.41. The zero-order chi connectivity index (χ0) is 9.97. The Morgan fingerprint density at radius 1 is 1.64 bits per heavy atom. The second kappa shape index (κ2) is 4.25. The molecule has 0 aliphatic heterocycles. The minimum atomic E-state index is -0.00824. The number of aromatic nitrogens is 1. The van der Waals surface area contributed by atoms with Gasteiger partial charge in [0, 0.05) is 28.8 Å². The van der Waals surface area contributed by atoms with E-state index < -0.39 is 0 Å². The number of carbonyl (C=O) groups excluding carboxylic acids is 1. The molecule has 1 atom stereocenters. The van der Waals surface area contributed by atoms with Gasteiger partial charge in [-0.1, -0.05) is 6.07 Å². The molecule has 1 N–H and O–H groups in total. The molecule has 14 heavy (non-hydrogen) atoms. The lowest BCUT2D eigenvalue weighted by Crippen LogP contribution is -2.27. The van der Waals surface area contributed by atoms with Gasteiger partial charge in [-0.05, 0) is 30.9 Å². The monoisotopic (exact) mass is 302 g/mol. The van der Waals surface area contributed by atoms with Crippen LogP contribution >= 0.6 is 22.6 Å². The number of nitrogens with one attached hydrogen (secondary N) is 1. The van der Waals surface area contributed by atoms with E-state index in [0.29, 0.717) is 0 Å². The number of nitrogens with zero attached hydrogens (tertiary/aromatic N) is 1. The van der Waals surface area contributed by atoms with Crippen LogP contribution in [-0.2, 0) is 6.42 Å². The maximum atomic E-state index is 11.0. The Kier molecular flexibility index (Phi) is 3.00. The second-order valence-corrected chi connectivity index (χ2v) is 4.39. The Labute approximate surface area is 96.4 Å². The third kappa shape index (κ3) is 2.05. The van der Waals surface area contributed by atoms with Gasteiger partial charge < -0.3 is 5.32 Å². The summed E-state index contributed by atoms with van der Waals surface area (Å²) in [6.07, 6.45) is 4.99. The average molecular weight is 302 g/mol. The molecule has 1 aromatic rings. The van der Waals surface area contributed by atoms with Crippen molar-refractivity contribution < 1.29 is 4.79 Å². The van der Waals surface area contributed by atoms with Crippen LogP contribution in [0.15, 0.2) is 18.3 Å². The lowest BCUT2D eigenvalue weighted by atomic mass is 9.92. The van der Waals surface area contributed by atoms with E-state index in [4.69, 9.17) is 0 Å². The molecule has 1 aliphatic carbocycles. The highest BCUT2D eigenvalue weighted by molar-refractivity contribution is 14.1. The number of hydrogen-bond donors (Lipinski definition) is 1. The van der Waals surface area contributed by atoms with Crippen LogP contribution in [0.1, 0.15) is 30.1 Å². The molecule has 0 unspecified atom stereocenters. The molecule has 1 heterocycles. The Bertz CT molecular complexity index is 354. The van der Waals surface area contributed by atoms with Gasteiger partial charge in [0.05, 0.1) is 11.7 Å². The van der Waals surface area contributed by atoms with Gasteiger partial charge >= 0.3 is 0 Å². The van der Waals surface area contributed by atoms with E-state index in [1.54, 1.807) is 28.8 Å². The zero-order valence-electron chi connectivity index (χ0n) is 7.66. The summed E-state index contributed by atoms with van der Waals surface area (Å²) in [5.74, 6) is 0. The SMILES string of the molecule is O=C(I)N[C@H]1CCCc2cccnc21. The highest BCUT2D eigenvalue weighted by Gasteiger charge is 2.21. The van der Waals surface area contributed by atoms with Crippen molar-refractivity contribution in [1.29, 1.82) is 0 Å². The summed E-state index contributed by atoms with van der Waals surface area (Å²) in [5, 5.41) is 2.92. The van der Waals surface area contributed by atoms with Crippen molar-refractivity contribution in [3.05, 3.63) is 29.6 Å². The van der Waals surface area contributed by atoms with Crippen LogP contribution in [0.3, 0.4) is 0 Å². The number of amides is 1. The Morgan fingerprint density at radius 3 is 3.29 bits per heavy atom. The lowest BCUT2D eigenvalue weighted by Gasteiger charge is -2.24. The molecule has 0 saturated heterocycles. The maximum absolute atomic E-state index is 11.0. The van der Waals surface area contributed by atoms with Crippen molar-refractivity contribution in [3.8, 4) is 0 Å². The minimum absolute atomic E-state index is 0.00824. The molecule has 1 amide bonds. The van der Waals surface area contributed by atoms with E-state index in [-0.39, 0.29) is 9.96 Å². The fourth-order valence-corrected chi connectivity index (χ4v) is 2.26. The fourth-order valence-electron chi connectivity index (χ4n) is 1.89. The summed E-state index contributed by atoms with van der Waals surface area (Å²) >= 11 is 1.77. The van der Waals surface area contributed by atoms with Gasteiger partial charge in [0.25, 0.3) is 3.91 Å². The van der Waals surface area contributed by atoms with Crippen LogP contribution in [0.5, 0.6) is 0 Å². The maximum Gasteiger partial charge on any atom is 0.281 e. The fraction of sp³-hybridized carbons (Fsp3) is 0.400. The number of rotatable bonds is 1. The van der Waals surface area contributed by atoms with E-state index in [9.17, 15) is 4.79 Å². The molecule has 1 aromatic heterocycles. The van der Waals surface area contributed by atoms with Crippen molar-refractivity contribution in [2.75, 3.05) is 0 Å². The first kappa shape index (κ1) is 9.89. The zero-order valence-corrected chi connectivity index (χ0v) is 9.82. The van der Waals surface area contributed by atoms with Crippen LogP contribution in [0.2, 0.25) is 0 Å². The normalized spacial score (nSPS) is 19.9. The molecule has 1 aliphatic rings. The Hall–Kier alpha value is -0.650. The molecular weight excluding hydrogens is 291 g/mol. The standard InChI is InChI=1S/C10H11IN2O/c11-10(14)13-8-5-1-3-7-4-2-6-12-9(7)8/h2,4,6,8H,1,3,5H2,(H,13,14)/t8-/m0/s1. The van der Waals surface area contributed by atoms with Gasteiger partial charge in [-0.3, -0.25) is 9.78 Å². The van der Waals surface area contributed by atoms with Crippen molar-refractivity contribution >= 4 is 26.5 Å². The van der Waals surface area contributed by atoms with Crippen LogP contribution < -0.4 is 5.32 Å². The predicted molar refractivity (Wildman–Crippen MR) is 62.5 cm³/mol. The van der Waals surface area contributed by atoms with Crippen LogP contribution in [-0.4, -0.2) is 8.90 Å². The summed E-state index contributed by atoms with van der Waals surface area (Å²) in [7, 11) is 0. The highest BCUT2D eigenvalue weighted by atomic mass is 127. The molecule has 0 saturated carbocycles. The van der Waals surface area contributed by atoms with Gasteiger partial charge in [-0.2, -0.15) is 0 Å². The minimum Gasteiger partial charge on any atom is -0.339 e. The number of aryl methyl sites for hydroxylation is 1.